The van der Waals surface area contributed by atoms with Gasteiger partial charge in [0.15, 0.2) is 0 Å². The Morgan fingerprint density at radius 2 is 2.24 bits per heavy atom. The third-order valence-corrected chi connectivity index (χ3v) is 3.45. The summed E-state index contributed by atoms with van der Waals surface area (Å²) in [5.74, 6) is 0. The minimum Gasteiger partial charge on any atom is -0.444 e. The van der Waals surface area contributed by atoms with Crippen LogP contribution in [-0.2, 0) is 17.8 Å². The molecule has 118 valence electrons. The first-order valence-corrected chi connectivity index (χ1v) is 7.48. The van der Waals surface area contributed by atoms with E-state index in [-0.39, 0.29) is 12.1 Å². The predicted molar refractivity (Wildman–Crippen MR) is 78.5 cm³/mol. The maximum atomic E-state index is 12.3. The van der Waals surface area contributed by atoms with E-state index in [1.54, 1.807) is 4.68 Å². The van der Waals surface area contributed by atoms with Gasteiger partial charge in [-0.25, -0.2) is 4.79 Å². The van der Waals surface area contributed by atoms with E-state index in [0.717, 1.165) is 31.5 Å². The number of hydrogen-bond donors (Lipinski definition) is 1. The second kappa shape index (κ2) is 6.43. The molecule has 0 unspecified atom stereocenters. The van der Waals surface area contributed by atoms with E-state index in [9.17, 15) is 4.79 Å². The molecule has 2 N–H and O–H groups in total. The van der Waals surface area contributed by atoms with Crippen LogP contribution in [0.5, 0.6) is 0 Å². The average Bonchev–Trinajstić information content (AvgIpc) is 2.85. The molecule has 1 aromatic rings. The van der Waals surface area contributed by atoms with Crippen molar-refractivity contribution >= 4 is 6.09 Å². The van der Waals surface area contributed by atoms with Gasteiger partial charge < -0.3 is 15.4 Å². The lowest BCUT2D eigenvalue weighted by Gasteiger charge is -2.36. The van der Waals surface area contributed by atoms with Crippen LogP contribution in [0.2, 0.25) is 0 Å². The number of rotatable bonds is 3. The van der Waals surface area contributed by atoms with Crippen LogP contribution in [0.25, 0.3) is 0 Å². The lowest BCUT2D eigenvalue weighted by Crippen LogP contribution is -2.47. The van der Waals surface area contributed by atoms with Gasteiger partial charge in [0.2, 0.25) is 0 Å². The van der Waals surface area contributed by atoms with Crippen LogP contribution >= 0.6 is 0 Å². The van der Waals surface area contributed by atoms with Crippen molar-refractivity contribution in [3.8, 4) is 0 Å². The molecule has 0 aromatic carbocycles. The molecule has 1 amide bonds. The van der Waals surface area contributed by atoms with Gasteiger partial charge in [-0.3, -0.25) is 4.68 Å². The summed E-state index contributed by atoms with van der Waals surface area (Å²) >= 11 is 0. The zero-order chi connectivity index (χ0) is 15.5. The van der Waals surface area contributed by atoms with Crippen LogP contribution in [0.1, 0.15) is 45.7 Å². The van der Waals surface area contributed by atoms with Gasteiger partial charge in [0.1, 0.15) is 5.60 Å². The van der Waals surface area contributed by atoms with E-state index in [2.05, 4.69) is 10.3 Å². The normalized spacial score (nSPS) is 19.6. The molecule has 0 radical (unpaired) electrons. The van der Waals surface area contributed by atoms with Gasteiger partial charge in [-0.2, -0.15) is 0 Å². The second-order valence-electron chi connectivity index (χ2n) is 6.46. The second-order valence-corrected chi connectivity index (χ2v) is 6.46. The number of amides is 1. The SMILES string of the molecule is CC(C)(C)OC(=O)N1CCCC[C@H]1Cn1cc(CN)nn1. The molecule has 1 aromatic heterocycles. The van der Waals surface area contributed by atoms with Crippen molar-refractivity contribution in [2.24, 2.45) is 5.73 Å². The molecule has 1 fully saturated rings. The van der Waals surface area contributed by atoms with Crippen LogP contribution in [0.4, 0.5) is 4.79 Å². The molecule has 0 saturated carbocycles. The maximum Gasteiger partial charge on any atom is 0.410 e. The highest BCUT2D eigenvalue weighted by atomic mass is 16.6. The van der Waals surface area contributed by atoms with Crippen molar-refractivity contribution in [1.29, 1.82) is 0 Å². The molecule has 1 aliphatic rings. The molecule has 1 saturated heterocycles. The smallest absolute Gasteiger partial charge is 0.410 e. The van der Waals surface area contributed by atoms with Gasteiger partial charge in [0.05, 0.1) is 18.3 Å². The zero-order valence-corrected chi connectivity index (χ0v) is 13.1. The van der Waals surface area contributed by atoms with Crippen molar-refractivity contribution in [2.75, 3.05) is 6.54 Å². The number of carbonyl (C=O) groups is 1. The molecule has 21 heavy (non-hydrogen) atoms. The van der Waals surface area contributed by atoms with Gasteiger partial charge in [0.25, 0.3) is 0 Å². The minimum absolute atomic E-state index is 0.0981. The molecule has 1 atom stereocenters. The fourth-order valence-corrected chi connectivity index (χ4v) is 2.49. The monoisotopic (exact) mass is 295 g/mol. The largest absolute Gasteiger partial charge is 0.444 e. The zero-order valence-electron chi connectivity index (χ0n) is 13.1. The van der Waals surface area contributed by atoms with Crippen LogP contribution in [0, 0.1) is 0 Å². The van der Waals surface area contributed by atoms with Gasteiger partial charge in [-0.1, -0.05) is 5.21 Å². The molecule has 7 heteroatoms. The highest BCUT2D eigenvalue weighted by Gasteiger charge is 2.30. The summed E-state index contributed by atoms with van der Waals surface area (Å²) in [6, 6.07) is 0.0981. The topological polar surface area (TPSA) is 86.3 Å². The Morgan fingerprint density at radius 3 is 2.86 bits per heavy atom. The Hall–Kier alpha value is -1.63. The summed E-state index contributed by atoms with van der Waals surface area (Å²) < 4.78 is 7.25. The third kappa shape index (κ3) is 4.42. The number of ether oxygens (including phenoxy) is 1. The van der Waals surface area contributed by atoms with Crippen LogP contribution in [0.3, 0.4) is 0 Å². The Kier molecular flexibility index (Phi) is 4.82. The first-order valence-electron chi connectivity index (χ1n) is 7.48. The molecule has 2 rings (SSSR count). The standard InChI is InChI=1S/C14H25N5O2/c1-14(2,3)21-13(20)19-7-5-4-6-12(19)10-18-9-11(8-15)16-17-18/h9,12H,4-8,10,15H2,1-3H3/t12-/m0/s1. The quantitative estimate of drug-likeness (QED) is 0.913. The lowest BCUT2D eigenvalue weighted by molar-refractivity contribution is 0.00733. The van der Waals surface area contributed by atoms with Crippen molar-refractivity contribution < 1.29 is 9.53 Å². The molecule has 0 spiro atoms. The highest BCUT2D eigenvalue weighted by molar-refractivity contribution is 5.68. The number of likely N-dealkylation sites (tertiary alicyclic amines) is 1. The summed E-state index contributed by atoms with van der Waals surface area (Å²) in [4.78, 5) is 14.1. The van der Waals surface area contributed by atoms with Crippen molar-refractivity contribution in [2.45, 2.75) is 64.8 Å². The number of aromatic nitrogens is 3. The summed E-state index contributed by atoms with van der Waals surface area (Å²) in [5, 5.41) is 8.04. The Labute approximate surface area is 125 Å². The van der Waals surface area contributed by atoms with Crippen molar-refractivity contribution in [3.63, 3.8) is 0 Å². The summed E-state index contributed by atoms with van der Waals surface area (Å²) in [6.07, 6.45) is 4.68. The van der Waals surface area contributed by atoms with E-state index in [1.165, 1.54) is 0 Å². The third-order valence-electron chi connectivity index (χ3n) is 3.45. The fraction of sp³-hybridized carbons (Fsp3) is 0.786. The van der Waals surface area contributed by atoms with Crippen molar-refractivity contribution in [3.05, 3.63) is 11.9 Å². The number of carbonyl (C=O) groups excluding carboxylic acids is 1. The number of hydrogen-bond acceptors (Lipinski definition) is 5. The molecular formula is C14H25N5O2. The number of piperidine rings is 1. The molecule has 0 aliphatic carbocycles. The predicted octanol–water partition coefficient (Wildman–Crippen LogP) is 1.53. The van der Waals surface area contributed by atoms with Crippen LogP contribution < -0.4 is 5.73 Å². The van der Waals surface area contributed by atoms with E-state index in [0.29, 0.717) is 13.1 Å². The van der Waals surface area contributed by atoms with E-state index >= 15 is 0 Å². The number of nitrogens with two attached hydrogens (primary N) is 1. The van der Waals surface area contributed by atoms with Crippen molar-refractivity contribution in [1.82, 2.24) is 19.9 Å². The highest BCUT2D eigenvalue weighted by Crippen LogP contribution is 2.21. The fourth-order valence-electron chi connectivity index (χ4n) is 2.49. The molecule has 1 aliphatic heterocycles. The summed E-state index contributed by atoms with van der Waals surface area (Å²) in [5.41, 5.74) is 5.83. The van der Waals surface area contributed by atoms with E-state index in [1.807, 2.05) is 31.9 Å². The molecule has 0 bridgehead atoms. The Balaban J connectivity index is 2.02. The molecule has 7 nitrogen and oxygen atoms in total. The van der Waals surface area contributed by atoms with Gasteiger partial charge in [-0.15, -0.1) is 5.10 Å². The van der Waals surface area contributed by atoms with E-state index < -0.39 is 5.60 Å². The summed E-state index contributed by atoms with van der Waals surface area (Å²) in [6.45, 7) is 7.39. The van der Waals surface area contributed by atoms with E-state index in [4.69, 9.17) is 10.5 Å². The van der Waals surface area contributed by atoms with Crippen LogP contribution in [-0.4, -0.2) is 44.2 Å². The first kappa shape index (κ1) is 15.8. The number of nitrogens with zero attached hydrogens (tertiary/aromatic N) is 4. The Bertz CT molecular complexity index is 480. The average molecular weight is 295 g/mol. The van der Waals surface area contributed by atoms with Gasteiger partial charge in [-0.05, 0) is 40.0 Å². The molecular weight excluding hydrogens is 270 g/mol. The summed E-state index contributed by atoms with van der Waals surface area (Å²) in [7, 11) is 0. The maximum absolute atomic E-state index is 12.3. The van der Waals surface area contributed by atoms with Gasteiger partial charge in [0, 0.05) is 19.3 Å². The minimum atomic E-state index is -0.473. The Morgan fingerprint density at radius 1 is 1.48 bits per heavy atom. The lowest BCUT2D eigenvalue weighted by atomic mass is 10.0. The van der Waals surface area contributed by atoms with Crippen LogP contribution in [0.15, 0.2) is 6.20 Å². The molecule has 2 heterocycles. The first-order chi connectivity index (χ1) is 9.89. The van der Waals surface area contributed by atoms with Gasteiger partial charge >= 0.3 is 6.09 Å².